The number of hydrogen-bond acceptors (Lipinski definition) is 4. The number of rotatable bonds is 7. The molecule has 5 aromatic rings. The van der Waals surface area contributed by atoms with Gasteiger partial charge in [0.2, 0.25) is 0 Å². The van der Waals surface area contributed by atoms with E-state index in [1.165, 1.54) is 5.56 Å². The maximum atomic E-state index is 13.3. The van der Waals surface area contributed by atoms with Gasteiger partial charge in [0.25, 0.3) is 0 Å². The summed E-state index contributed by atoms with van der Waals surface area (Å²) in [6, 6.07) is 25.4. The third-order valence-electron chi connectivity index (χ3n) is 6.80. The van der Waals surface area contributed by atoms with Crippen molar-refractivity contribution in [2.75, 3.05) is 10.6 Å². The number of benzene rings is 3. The lowest BCUT2D eigenvalue weighted by Gasteiger charge is -2.15. The minimum atomic E-state index is -0.351. The summed E-state index contributed by atoms with van der Waals surface area (Å²) in [4.78, 5) is 17.4. The number of nitrogens with one attached hydrogen (secondary N) is 2. The third-order valence-corrected chi connectivity index (χ3v) is 6.80. The zero-order valence-electron chi connectivity index (χ0n) is 23.6. The molecule has 0 aliphatic rings. The predicted octanol–water partition coefficient (Wildman–Crippen LogP) is 8.06. The second-order valence-electron chi connectivity index (χ2n) is 11.2. The van der Waals surface area contributed by atoms with Crippen molar-refractivity contribution in [3.8, 4) is 11.4 Å². The number of amides is 2. The molecule has 0 aliphatic heterocycles. The standard InChI is InChI=1S/C33H35N5O2/c1-22(2)24-10-12-25(13-11-24)38-31(20-30(37-38)33(3,4)5)36-32(39)35-28-14-15-29(27-9-7-6-8-26(27)28)40-21-23-16-18-34-19-17-23/h6-20,22H,21H2,1-5H3,(H2,35,36,39). The Kier molecular flexibility index (Phi) is 7.56. The topological polar surface area (TPSA) is 81.1 Å². The smallest absolute Gasteiger partial charge is 0.324 e. The number of urea groups is 1. The van der Waals surface area contributed by atoms with Crippen LogP contribution in [0.1, 0.15) is 57.4 Å². The van der Waals surface area contributed by atoms with E-state index >= 15 is 0 Å². The predicted molar refractivity (Wildman–Crippen MR) is 162 cm³/mol. The van der Waals surface area contributed by atoms with Crippen LogP contribution < -0.4 is 15.4 Å². The monoisotopic (exact) mass is 533 g/mol. The Labute approximate surface area is 235 Å². The number of aromatic nitrogens is 3. The van der Waals surface area contributed by atoms with E-state index in [1.54, 1.807) is 17.1 Å². The van der Waals surface area contributed by atoms with E-state index in [-0.39, 0.29) is 11.4 Å². The highest BCUT2D eigenvalue weighted by Gasteiger charge is 2.22. The van der Waals surface area contributed by atoms with E-state index < -0.39 is 0 Å². The second kappa shape index (κ2) is 11.2. The molecular formula is C33H35N5O2. The fourth-order valence-electron chi connectivity index (χ4n) is 4.45. The van der Waals surface area contributed by atoms with E-state index in [0.29, 0.717) is 24.0 Å². The van der Waals surface area contributed by atoms with E-state index in [2.05, 4.69) is 62.4 Å². The number of nitrogens with zero attached hydrogens (tertiary/aromatic N) is 3. The van der Waals surface area contributed by atoms with Crippen molar-refractivity contribution in [2.45, 2.75) is 52.6 Å². The largest absolute Gasteiger partial charge is 0.488 e. The van der Waals surface area contributed by atoms with Crippen molar-refractivity contribution in [1.29, 1.82) is 0 Å². The molecule has 0 aliphatic carbocycles. The van der Waals surface area contributed by atoms with Gasteiger partial charge in [0.05, 0.1) is 17.1 Å². The van der Waals surface area contributed by atoms with Crippen LogP contribution >= 0.6 is 0 Å². The summed E-state index contributed by atoms with van der Waals surface area (Å²) in [5.74, 6) is 1.78. The lowest BCUT2D eigenvalue weighted by Crippen LogP contribution is -2.21. The highest BCUT2D eigenvalue weighted by atomic mass is 16.5. The molecule has 3 aromatic carbocycles. The Morgan fingerprint density at radius 3 is 2.27 bits per heavy atom. The minimum absolute atomic E-state index is 0.182. The van der Waals surface area contributed by atoms with E-state index in [0.717, 1.165) is 33.5 Å². The van der Waals surface area contributed by atoms with Crippen LogP contribution in [0.3, 0.4) is 0 Å². The van der Waals surface area contributed by atoms with E-state index in [4.69, 9.17) is 9.84 Å². The number of anilines is 2. The van der Waals surface area contributed by atoms with Crippen molar-refractivity contribution in [1.82, 2.24) is 14.8 Å². The first-order valence-corrected chi connectivity index (χ1v) is 13.5. The Balaban J connectivity index is 1.39. The van der Waals surface area contributed by atoms with Gasteiger partial charge in [-0.1, -0.05) is 71.0 Å². The fraction of sp³-hybridized carbons (Fsp3) is 0.242. The lowest BCUT2D eigenvalue weighted by molar-refractivity contribution is 0.262. The minimum Gasteiger partial charge on any atom is -0.488 e. The summed E-state index contributed by atoms with van der Waals surface area (Å²) >= 11 is 0. The Morgan fingerprint density at radius 2 is 1.60 bits per heavy atom. The molecule has 0 fully saturated rings. The van der Waals surface area contributed by atoms with Gasteiger partial charge < -0.3 is 10.1 Å². The SMILES string of the molecule is CC(C)c1ccc(-n2nc(C(C)(C)C)cc2NC(=O)Nc2ccc(OCc3ccncc3)c3ccccc23)cc1. The van der Waals surface area contributed by atoms with E-state index in [9.17, 15) is 4.79 Å². The molecule has 0 saturated heterocycles. The van der Waals surface area contributed by atoms with Gasteiger partial charge in [-0.05, 0) is 53.4 Å². The Morgan fingerprint density at radius 1 is 0.900 bits per heavy atom. The number of hydrogen-bond donors (Lipinski definition) is 2. The normalized spacial score (nSPS) is 11.6. The zero-order chi connectivity index (χ0) is 28.3. The van der Waals surface area contributed by atoms with Crippen molar-refractivity contribution in [2.24, 2.45) is 0 Å². The molecule has 204 valence electrons. The molecule has 40 heavy (non-hydrogen) atoms. The summed E-state index contributed by atoms with van der Waals surface area (Å²) in [5.41, 5.74) is 4.56. The molecule has 7 nitrogen and oxygen atoms in total. The van der Waals surface area contributed by atoms with Crippen molar-refractivity contribution in [3.63, 3.8) is 0 Å². The van der Waals surface area contributed by atoms with Gasteiger partial charge in [0.1, 0.15) is 18.2 Å². The fourth-order valence-corrected chi connectivity index (χ4v) is 4.45. The van der Waals surface area contributed by atoms with Crippen LogP contribution in [0, 0.1) is 0 Å². The summed E-state index contributed by atoms with van der Waals surface area (Å²) in [7, 11) is 0. The molecule has 0 bridgehead atoms. The molecule has 2 N–H and O–H groups in total. The molecule has 7 heteroatoms. The maximum Gasteiger partial charge on any atom is 0.324 e. The highest BCUT2D eigenvalue weighted by Crippen LogP contribution is 2.33. The molecule has 0 unspecified atom stereocenters. The van der Waals surface area contributed by atoms with Gasteiger partial charge in [-0.3, -0.25) is 10.3 Å². The van der Waals surface area contributed by atoms with Crippen LogP contribution in [0.15, 0.2) is 91.3 Å². The van der Waals surface area contributed by atoms with Crippen molar-refractivity contribution < 1.29 is 9.53 Å². The summed E-state index contributed by atoms with van der Waals surface area (Å²) < 4.78 is 7.91. The van der Waals surface area contributed by atoms with Gasteiger partial charge in [-0.25, -0.2) is 9.48 Å². The first-order valence-electron chi connectivity index (χ1n) is 13.5. The molecule has 2 aromatic heterocycles. The molecule has 0 radical (unpaired) electrons. The summed E-state index contributed by atoms with van der Waals surface area (Å²) in [6.45, 7) is 11.1. The average Bonchev–Trinajstić information content (AvgIpc) is 3.37. The Hall–Kier alpha value is -4.65. The molecule has 0 atom stereocenters. The summed E-state index contributed by atoms with van der Waals surface area (Å²) in [5, 5.41) is 12.7. The van der Waals surface area contributed by atoms with Gasteiger partial charge in [0.15, 0.2) is 0 Å². The molecule has 0 spiro atoms. The maximum absolute atomic E-state index is 13.3. The van der Waals surface area contributed by atoms with E-state index in [1.807, 2.05) is 66.7 Å². The molecular weight excluding hydrogens is 498 g/mol. The first kappa shape index (κ1) is 26.9. The second-order valence-corrected chi connectivity index (χ2v) is 11.2. The number of fused-ring (bicyclic) bond motifs is 1. The van der Waals surface area contributed by atoms with Crippen LogP contribution in [0.4, 0.5) is 16.3 Å². The molecule has 2 amide bonds. The molecule has 5 rings (SSSR count). The number of carbonyl (C=O) groups excluding carboxylic acids is 1. The average molecular weight is 534 g/mol. The van der Waals surface area contributed by atoms with Gasteiger partial charge in [-0.2, -0.15) is 5.10 Å². The van der Waals surface area contributed by atoms with Crippen LogP contribution in [0.2, 0.25) is 0 Å². The van der Waals surface area contributed by atoms with Crippen LogP contribution in [0.5, 0.6) is 5.75 Å². The Bertz CT molecular complexity index is 1620. The number of carbonyl (C=O) groups is 1. The number of ether oxygens (including phenoxy) is 1. The highest BCUT2D eigenvalue weighted by molar-refractivity contribution is 6.07. The van der Waals surface area contributed by atoms with Crippen molar-refractivity contribution in [3.05, 3.63) is 108 Å². The molecule has 0 saturated carbocycles. The van der Waals surface area contributed by atoms with Crippen LogP contribution in [-0.2, 0) is 12.0 Å². The lowest BCUT2D eigenvalue weighted by atomic mass is 9.92. The van der Waals surface area contributed by atoms with Crippen LogP contribution in [-0.4, -0.2) is 20.8 Å². The van der Waals surface area contributed by atoms with Gasteiger partial charge in [0, 0.05) is 34.6 Å². The zero-order valence-corrected chi connectivity index (χ0v) is 23.6. The van der Waals surface area contributed by atoms with Crippen LogP contribution in [0.25, 0.3) is 16.5 Å². The third kappa shape index (κ3) is 5.99. The van der Waals surface area contributed by atoms with Crippen molar-refractivity contribution >= 4 is 28.3 Å². The molecule has 2 heterocycles. The number of pyridine rings is 1. The summed E-state index contributed by atoms with van der Waals surface area (Å²) in [6.07, 6.45) is 3.50. The van der Waals surface area contributed by atoms with Gasteiger partial charge in [-0.15, -0.1) is 0 Å². The van der Waals surface area contributed by atoms with Gasteiger partial charge >= 0.3 is 6.03 Å². The first-order chi connectivity index (χ1) is 19.2. The quantitative estimate of drug-likeness (QED) is 0.222.